The summed E-state index contributed by atoms with van der Waals surface area (Å²) in [4.78, 5) is 0. The lowest BCUT2D eigenvalue weighted by atomic mass is 10.0. The Kier molecular flexibility index (Phi) is 4.42. The molecule has 0 saturated heterocycles. The molecule has 3 aromatic rings. The maximum atomic E-state index is 8.66. The predicted octanol–water partition coefficient (Wildman–Crippen LogP) is 4.92. The molecule has 2 aromatic carbocycles. The molecule has 0 radical (unpaired) electrons. The third-order valence-corrected chi connectivity index (χ3v) is 4.64. The van der Waals surface area contributed by atoms with Gasteiger partial charge in [-0.15, -0.1) is 0 Å². The maximum Gasteiger partial charge on any atom is 0.179 e. The van der Waals surface area contributed by atoms with Gasteiger partial charge >= 0.3 is 0 Å². The summed E-state index contributed by atoms with van der Waals surface area (Å²) in [6.45, 7) is 0.550. The molecule has 5 heteroatoms. The van der Waals surface area contributed by atoms with Crippen molar-refractivity contribution in [3.8, 4) is 27.8 Å². The number of nitriles is 1. The van der Waals surface area contributed by atoms with Crippen molar-refractivity contribution in [2.75, 3.05) is 0 Å². The van der Waals surface area contributed by atoms with Gasteiger partial charge in [-0.25, -0.2) is 4.68 Å². The van der Waals surface area contributed by atoms with E-state index in [1.807, 2.05) is 18.2 Å². The van der Waals surface area contributed by atoms with Crippen molar-refractivity contribution >= 4 is 23.6 Å². The molecule has 0 bridgehead atoms. The molecule has 22 heavy (non-hydrogen) atoms. The molecule has 0 saturated carbocycles. The van der Waals surface area contributed by atoms with E-state index in [-0.39, 0.29) is 0 Å². The second-order valence-corrected chi connectivity index (χ2v) is 6.37. The molecule has 1 heterocycles. The smallest absolute Gasteiger partial charge is 0.179 e. The fraction of sp³-hybridized carbons (Fsp3) is 0.118. The maximum absolute atomic E-state index is 8.66. The van der Waals surface area contributed by atoms with E-state index in [2.05, 4.69) is 47.6 Å². The SMILES string of the molecule is N#CCCn1nc(-c2ccc(-c3ccccc3)cc2)sc1=S. The molecule has 0 N–H and O–H groups in total. The Labute approximate surface area is 138 Å². The number of hydrogen-bond donors (Lipinski definition) is 0. The van der Waals surface area contributed by atoms with Crippen molar-refractivity contribution in [3.05, 3.63) is 58.6 Å². The first-order valence-electron chi connectivity index (χ1n) is 6.89. The van der Waals surface area contributed by atoms with E-state index in [0.717, 1.165) is 10.6 Å². The van der Waals surface area contributed by atoms with Crippen LogP contribution in [0.2, 0.25) is 0 Å². The summed E-state index contributed by atoms with van der Waals surface area (Å²) in [7, 11) is 0. The molecule has 1 aromatic heterocycles. The van der Waals surface area contributed by atoms with Crippen LogP contribution in [0.3, 0.4) is 0 Å². The standard InChI is InChI=1S/C17H13N3S2/c18-11-4-12-20-17(21)22-16(19-20)15-9-7-14(8-10-15)13-5-2-1-3-6-13/h1-3,5-10H,4,12H2. The largest absolute Gasteiger partial charge is 0.243 e. The fourth-order valence-electron chi connectivity index (χ4n) is 2.16. The highest BCUT2D eigenvalue weighted by molar-refractivity contribution is 7.73. The number of rotatable bonds is 4. The summed E-state index contributed by atoms with van der Waals surface area (Å²) in [5, 5.41) is 14.1. The number of aromatic nitrogens is 2. The molecule has 0 aliphatic heterocycles. The van der Waals surface area contributed by atoms with E-state index in [4.69, 9.17) is 17.5 Å². The van der Waals surface area contributed by atoms with Crippen molar-refractivity contribution in [1.29, 1.82) is 5.26 Å². The van der Waals surface area contributed by atoms with E-state index in [0.29, 0.717) is 16.9 Å². The van der Waals surface area contributed by atoms with E-state index >= 15 is 0 Å². The lowest BCUT2D eigenvalue weighted by molar-refractivity contribution is 0.624. The molecule has 0 aliphatic rings. The number of aryl methyl sites for hydroxylation is 1. The van der Waals surface area contributed by atoms with Gasteiger partial charge in [0.25, 0.3) is 0 Å². The van der Waals surface area contributed by atoms with Gasteiger partial charge < -0.3 is 0 Å². The Hall–Kier alpha value is -2.29. The quantitative estimate of drug-likeness (QED) is 0.640. The summed E-state index contributed by atoms with van der Waals surface area (Å²) < 4.78 is 2.43. The second-order valence-electron chi connectivity index (χ2n) is 4.75. The minimum atomic E-state index is 0.421. The fourth-order valence-corrected chi connectivity index (χ4v) is 3.32. The lowest BCUT2D eigenvalue weighted by Gasteiger charge is -2.02. The van der Waals surface area contributed by atoms with Crippen LogP contribution in [-0.4, -0.2) is 9.78 Å². The molecule has 0 unspecified atom stereocenters. The predicted molar refractivity (Wildman–Crippen MR) is 92.0 cm³/mol. The van der Waals surface area contributed by atoms with E-state index < -0.39 is 0 Å². The van der Waals surface area contributed by atoms with Gasteiger partial charge in [-0.3, -0.25) is 0 Å². The second kappa shape index (κ2) is 6.65. The Morgan fingerprint density at radius 3 is 2.32 bits per heavy atom. The molecule has 3 nitrogen and oxygen atoms in total. The summed E-state index contributed by atoms with van der Waals surface area (Å²) in [5.74, 6) is 0. The average Bonchev–Trinajstić information content (AvgIpc) is 2.95. The highest BCUT2D eigenvalue weighted by Gasteiger charge is 2.06. The van der Waals surface area contributed by atoms with Crippen LogP contribution in [0.4, 0.5) is 0 Å². The normalized spacial score (nSPS) is 10.3. The summed E-state index contributed by atoms with van der Waals surface area (Å²) in [6.07, 6.45) is 0.421. The van der Waals surface area contributed by atoms with Crippen molar-refractivity contribution in [2.24, 2.45) is 0 Å². The van der Waals surface area contributed by atoms with Crippen molar-refractivity contribution in [3.63, 3.8) is 0 Å². The molecule has 0 atom stereocenters. The van der Waals surface area contributed by atoms with E-state index in [1.165, 1.54) is 22.5 Å². The van der Waals surface area contributed by atoms with Gasteiger partial charge in [-0.2, -0.15) is 10.4 Å². The summed E-state index contributed by atoms with van der Waals surface area (Å²) in [5.41, 5.74) is 3.42. The third-order valence-electron chi connectivity index (χ3n) is 3.28. The molecule has 0 spiro atoms. The Morgan fingerprint density at radius 2 is 1.64 bits per heavy atom. The molecular weight excluding hydrogens is 310 g/mol. The zero-order valence-corrected chi connectivity index (χ0v) is 13.4. The first kappa shape index (κ1) is 14.6. The summed E-state index contributed by atoms with van der Waals surface area (Å²) in [6, 6.07) is 20.7. The van der Waals surface area contributed by atoms with Crippen LogP contribution < -0.4 is 0 Å². The van der Waals surface area contributed by atoms with Crippen molar-refractivity contribution in [2.45, 2.75) is 13.0 Å². The summed E-state index contributed by atoms with van der Waals surface area (Å²) >= 11 is 6.77. The van der Waals surface area contributed by atoms with E-state index in [9.17, 15) is 0 Å². The highest BCUT2D eigenvalue weighted by atomic mass is 32.1. The van der Waals surface area contributed by atoms with Gasteiger partial charge in [-0.05, 0) is 23.3 Å². The van der Waals surface area contributed by atoms with Crippen LogP contribution in [0.1, 0.15) is 6.42 Å². The van der Waals surface area contributed by atoms with Crippen LogP contribution in [0.25, 0.3) is 21.7 Å². The molecule has 3 rings (SSSR count). The van der Waals surface area contributed by atoms with Crippen molar-refractivity contribution < 1.29 is 0 Å². The average molecular weight is 323 g/mol. The Morgan fingerprint density at radius 1 is 1.00 bits per heavy atom. The first-order valence-corrected chi connectivity index (χ1v) is 8.11. The molecular formula is C17H13N3S2. The minimum Gasteiger partial charge on any atom is -0.243 e. The van der Waals surface area contributed by atoms with Crippen molar-refractivity contribution in [1.82, 2.24) is 9.78 Å². The van der Waals surface area contributed by atoms with Gasteiger partial charge in [0, 0.05) is 5.56 Å². The van der Waals surface area contributed by atoms with E-state index in [1.54, 1.807) is 4.68 Å². The molecule has 108 valence electrons. The van der Waals surface area contributed by atoms with Gasteiger partial charge in [0.1, 0.15) is 5.01 Å². The zero-order chi connectivity index (χ0) is 15.4. The van der Waals surface area contributed by atoms with Crippen LogP contribution in [-0.2, 0) is 6.54 Å². The highest BCUT2D eigenvalue weighted by Crippen LogP contribution is 2.26. The number of benzene rings is 2. The molecule has 0 aliphatic carbocycles. The zero-order valence-electron chi connectivity index (χ0n) is 11.8. The van der Waals surface area contributed by atoms with Crippen LogP contribution in [0.5, 0.6) is 0 Å². The van der Waals surface area contributed by atoms with Crippen LogP contribution in [0, 0.1) is 15.3 Å². The third kappa shape index (κ3) is 3.14. The van der Waals surface area contributed by atoms with Gasteiger partial charge in [-0.1, -0.05) is 65.9 Å². The Balaban J connectivity index is 1.87. The lowest BCUT2D eigenvalue weighted by Crippen LogP contribution is -1.99. The van der Waals surface area contributed by atoms with Gasteiger partial charge in [0.05, 0.1) is 19.0 Å². The molecule has 0 fully saturated rings. The van der Waals surface area contributed by atoms with Crippen LogP contribution in [0.15, 0.2) is 54.6 Å². The monoisotopic (exact) mass is 323 g/mol. The number of hydrogen-bond acceptors (Lipinski definition) is 4. The molecule has 0 amide bonds. The van der Waals surface area contributed by atoms with Crippen LogP contribution >= 0.6 is 23.6 Å². The van der Waals surface area contributed by atoms with Gasteiger partial charge in [0.15, 0.2) is 3.95 Å². The Bertz CT molecular complexity index is 855. The number of nitrogens with zero attached hydrogens (tertiary/aromatic N) is 3. The topological polar surface area (TPSA) is 41.6 Å². The minimum absolute atomic E-state index is 0.421. The van der Waals surface area contributed by atoms with Gasteiger partial charge in [0.2, 0.25) is 0 Å². The first-order chi connectivity index (χ1) is 10.8.